The Morgan fingerprint density at radius 2 is 2.22 bits per heavy atom. The summed E-state index contributed by atoms with van der Waals surface area (Å²) in [6.07, 6.45) is 18.5. The van der Waals surface area contributed by atoms with Gasteiger partial charge in [0, 0.05) is 41.7 Å². The number of dihydropyridines is 1. The molecule has 27 heavy (non-hydrogen) atoms. The Hall–Kier alpha value is -2.94. The number of aliphatic imine (C=N–C) groups is 1. The van der Waals surface area contributed by atoms with Gasteiger partial charge < -0.3 is 5.32 Å². The van der Waals surface area contributed by atoms with Gasteiger partial charge in [0.1, 0.15) is 5.54 Å². The number of allylic oxidation sites excluding steroid dienone is 5. The minimum atomic E-state index is -0.329. The van der Waals surface area contributed by atoms with Gasteiger partial charge in [0.15, 0.2) is 0 Å². The molecule has 1 aromatic rings. The van der Waals surface area contributed by atoms with Crippen molar-refractivity contribution < 1.29 is 0 Å². The molecule has 0 fully saturated rings. The van der Waals surface area contributed by atoms with Gasteiger partial charge >= 0.3 is 0 Å². The van der Waals surface area contributed by atoms with E-state index in [0.717, 1.165) is 24.2 Å². The molecule has 2 bridgehead atoms. The summed E-state index contributed by atoms with van der Waals surface area (Å²) in [7, 11) is 0. The number of hydrogen-bond acceptors (Lipinski definition) is 3. The van der Waals surface area contributed by atoms with Crippen LogP contribution in [0.2, 0.25) is 0 Å². The first-order valence-electron chi connectivity index (χ1n) is 9.47. The van der Waals surface area contributed by atoms with E-state index in [4.69, 9.17) is 4.99 Å². The molecule has 0 radical (unpaired) electrons. The van der Waals surface area contributed by atoms with Gasteiger partial charge in [0.2, 0.25) is 0 Å². The number of aromatic nitrogens is 1. The van der Waals surface area contributed by atoms with Crippen LogP contribution in [0.3, 0.4) is 0 Å². The van der Waals surface area contributed by atoms with Gasteiger partial charge in [0.05, 0.1) is 5.69 Å². The molecular formula is C24H25N3. The first kappa shape index (κ1) is 17.5. The lowest BCUT2D eigenvalue weighted by atomic mass is 9.62. The molecule has 2 aliphatic carbocycles. The smallest absolute Gasteiger partial charge is 0.112 e. The van der Waals surface area contributed by atoms with Crippen LogP contribution in [0.4, 0.5) is 0 Å². The van der Waals surface area contributed by atoms with E-state index < -0.39 is 0 Å². The molecule has 2 atom stereocenters. The van der Waals surface area contributed by atoms with Crippen molar-refractivity contribution in [1.82, 2.24) is 10.3 Å². The van der Waals surface area contributed by atoms with Crippen molar-refractivity contribution in [2.24, 2.45) is 10.9 Å². The first-order valence-corrected chi connectivity index (χ1v) is 9.47. The zero-order valence-corrected chi connectivity index (χ0v) is 15.9. The van der Waals surface area contributed by atoms with Crippen molar-refractivity contribution >= 4 is 12.3 Å². The largest absolute Gasteiger partial charge is 0.359 e. The van der Waals surface area contributed by atoms with E-state index in [2.05, 4.69) is 55.0 Å². The standard InChI is InChI=1S/C24H25N3/c1-4-21-19-14-17(2)16-24(21,22-11-10-18(3)27-23(22)15-19)26-13-7-9-20-8-5-6-12-25-20/h4-14,19,27H,3,15-16H2,1-2H3/b9-7+,21-4+,26-13+. The number of pyridine rings is 1. The molecular weight excluding hydrogens is 330 g/mol. The summed E-state index contributed by atoms with van der Waals surface area (Å²) in [6, 6.07) is 5.90. The Bertz CT molecular complexity index is 941. The van der Waals surface area contributed by atoms with E-state index in [1.54, 1.807) is 6.20 Å². The minimum absolute atomic E-state index is 0.329. The van der Waals surface area contributed by atoms with Crippen LogP contribution in [0.1, 0.15) is 32.4 Å². The van der Waals surface area contributed by atoms with Gasteiger partial charge in [0.25, 0.3) is 0 Å². The van der Waals surface area contributed by atoms with Crippen molar-refractivity contribution in [1.29, 1.82) is 0 Å². The van der Waals surface area contributed by atoms with Crippen molar-refractivity contribution in [2.75, 3.05) is 0 Å². The molecule has 3 aliphatic rings. The van der Waals surface area contributed by atoms with E-state index in [1.807, 2.05) is 36.6 Å². The van der Waals surface area contributed by atoms with E-state index in [9.17, 15) is 0 Å². The SMILES string of the molecule is C=C1C=CC2=C(CC3C=C(C)CC2(/N=C/C=C/c2ccccn2)/C3=C/C)N1. The van der Waals surface area contributed by atoms with Crippen LogP contribution in [0.25, 0.3) is 6.08 Å². The molecule has 0 amide bonds. The van der Waals surface area contributed by atoms with Crippen LogP contribution >= 0.6 is 0 Å². The Labute approximate surface area is 161 Å². The number of nitrogens with one attached hydrogen (secondary N) is 1. The molecule has 2 heterocycles. The number of hydrogen-bond donors (Lipinski definition) is 1. The molecule has 3 nitrogen and oxygen atoms in total. The molecule has 136 valence electrons. The maximum absolute atomic E-state index is 5.13. The predicted octanol–water partition coefficient (Wildman–Crippen LogP) is 5.15. The summed E-state index contributed by atoms with van der Waals surface area (Å²) >= 11 is 0. The average molecular weight is 355 g/mol. The van der Waals surface area contributed by atoms with E-state index in [-0.39, 0.29) is 5.54 Å². The Morgan fingerprint density at radius 1 is 1.33 bits per heavy atom. The fraction of sp³-hybridized carbons (Fsp3) is 0.250. The average Bonchev–Trinajstić information content (AvgIpc) is 2.65. The van der Waals surface area contributed by atoms with Crippen LogP contribution in [0.15, 0.2) is 94.5 Å². The monoisotopic (exact) mass is 355 g/mol. The molecule has 3 heteroatoms. The zero-order chi connectivity index (χ0) is 18.9. The van der Waals surface area contributed by atoms with Gasteiger partial charge in [-0.3, -0.25) is 9.98 Å². The van der Waals surface area contributed by atoms with Crippen LogP contribution in [0, 0.1) is 5.92 Å². The number of rotatable bonds is 3. The Kier molecular flexibility index (Phi) is 4.53. The zero-order valence-electron chi connectivity index (χ0n) is 15.9. The Morgan fingerprint density at radius 3 is 3.00 bits per heavy atom. The third-order valence-electron chi connectivity index (χ3n) is 5.50. The van der Waals surface area contributed by atoms with Crippen LogP contribution < -0.4 is 5.32 Å². The summed E-state index contributed by atoms with van der Waals surface area (Å²) in [5.74, 6) is 0.395. The minimum Gasteiger partial charge on any atom is -0.359 e. The van der Waals surface area contributed by atoms with Crippen LogP contribution in [0.5, 0.6) is 0 Å². The second kappa shape index (κ2) is 6.99. The molecule has 1 N–H and O–H groups in total. The van der Waals surface area contributed by atoms with Gasteiger partial charge in [-0.25, -0.2) is 0 Å². The fourth-order valence-corrected chi connectivity index (χ4v) is 4.51. The molecule has 1 aliphatic heterocycles. The highest BCUT2D eigenvalue weighted by molar-refractivity contribution is 5.79. The summed E-state index contributed by atoms with van der Waals surface area (Å²) in [6.45, 7) is 8.42. The van der Waals surface area contributed by atoms with Crippen molar-refractivity contribution in [2.45, 2.75) is 32.2 Å². The molecule has 1 aromatic heterocycles. The highest BCUT2D eigenvalue weighted by Gasteiger charge is 2.47. The Balaban J connectivity index is 1.75. The third-order valence-corrected chi connectivity index (χ3v) is 5.50. The lowest BCUT2D eigenvalue weighted by Crippen LogP contribution is -2.44. The topological polar surface area (TPSA) is 37.3 Å². The molecule has 0 spiro atoms. The normalized spacial score (nSPS) is 28.7. The molecule has 4 rings (SSSR count). The summed E-state index contributed by atoms with van der Waals surface area (Å²) in [5.41, 5.74) is 6.89. The van der Waals surface area contributed by atoms with Crippen LogP contribution in [-0.4, -0.2) is 16.7 Å². The van der Waals surface area contributed by atoms with Crippen molar-refractivity contribution in [3.05, 3.63) is 95.2 Å². The highest BCUT2D eigenvalue weighted by Crippen LogP contribution is 2.51. The molecule has 0 saturated heterocycles. The summed E-state index contributed by atoms with van der Waals surface area (Å²) < 4.78 is 0. The van der Waals surface area contributed by atoms with Gasteiger partial charge in [-0.15, -0.1) is 0 Å². The number of nitrogens with zero attached hydrogens (tertiary/aromatic N) is 2. The summed E-state index contributed by atoms with van der Waals surface area (Å²) in [5, 5.41) is 3.49. The van der Waals surface area contributed by atoms with Crippen molar-refractivity contribution in [3.63, 3.8) is 0 Å². The molecule has 2 unspecified atom stereocenters. The van der Waals surface area contributed by atoms with Gasteiger partial charge in [-0.2, -0.15) is 0 Å². The second-order valence-corrected chi connectivity index (χ2v) is 7.37. The maximum atomic E-state index is 5.13. The molecule has 0 aromatic carbocycles. The van der Waals surface area contributed by atoms with Gasteiger partial charge in [-0.1, -0.05) is 36.4 Å². The van der Waals surface area contributed by atoms with Gasteiger partial charge in [-0.05, 0) is 56.2 Å². The summed E-state index contributed by atoms with van der Waals surface area (Å²) in [4.78, 5) is 9.47. The van der Waals surface area contributed by atoms with E-state index in [0.29, 0.717) is 5.92 Å². The first-order chi connectivity index (χ1) is 13.1. The maximum Gasteiger partial charge on any atom is 0.112 e. The lowest BCUT2D eigenvalue weighted by Gasteiger charge is -2.47. The third kappa shape index (κ3) is 3.14. The number of fused-ring (bicyclic) bond motifs is 3. The van der Waals surface area contributed by atoms with E-state index >= 15 is 0 Å². The van der Waals surface area contributed by atoms with Crippen LogP contribution in [-0.2, 0) is 0 Å². The highest BCUT2D eigenvalue weighted by atomic mass is 15.0. The lowest BCUT2D eigenvalue weighted by molar-refractivity contribution is 0.453. The fourth-order valence-electron chi connectivity index (χ4n) is 4.51. The van der Waals surface area contributed by atoms with E-state index in [1.165, 1.54) is 22.4 Å². The second-order valence-electron chi connectivity index (χ2n) is 7.37. The predicted molar refractivity (Wildman–Crippen MR) is 113 cm³/mol. The quantitative estimate of drug-likeness (QED) is 0.601. The van der Waals surface area contributed by atoms with Crippen molar-refractivity contribution in [3.8, 4) is 0 Å². The molecule has 0 saturated carbocycles.